The number of nitrogens with zero attached hydrogens (tertiary/aromatic N) is 2. The molecule has 6 heteroatoms. The number of carbonyl (C=O) groups is 1. The van der Waals surface area contributed by atoms with Crippen molar-refractivity contribution in [2.24, 2.45) is 0 Å². The zero-order valence-corrected chi connectivity index (χ0v) is 12.8. The average molecular weight is 293 g/mol. The molecule has 2 heterocycles. The molecule has 0 aliphatic carbocycles. The zero-order chi connectivity index (χ0) is 14.7. The van der Waals surface area contributed by atoms with Crippen molar-refractivity contribution in [2.75, 3.05) is 33.0 Å². The van der Waals surface area contributed by atoms with Crippen molar-refractivity contribution in [3.63, 3.8) is 0 Å². The summed E-state index contributed by atoms with van der Waals surface area (Å²) in [5.74, 6) is -0.0546. The molecule has 20 heavy (non-hydrogen) atoms. The van der Waals surface area contributed by atoms with Gasteiger partial charge in [-0.3, -0.25) is 4.79 Å². The number of carbonyl (C=O) groups excluding carboxylic acids is 1. The van der Waals surface area contributed by atoms with Gasteiger partial charge in [0, 0.05) is 38.9 Å². The van der Waals surface area contributed by atoms with E-state index in [1.807, 2.05) is 13.0 Å². The molecule has 108 valence electrons. The Morgan fingerprint density at radius 1 is 1.55 bits per heavy atom. The summed E-state index contributed by atoms with van der Waals surface area (Å²) >= 11 is 1.36. The minimum absolute atomic E-state index is 0.0546. The van der Waals surface area contributed by atoms with Crippen LogP contribution in [0.5, 0.6) is 0 Å². The third kappa shape index (κ3) is 2.76. The Hall–Kier alpha value is -1.66. The number of thiophene rings is 1. The summed E-state index contributed by atoms with van der Waals surface area (Å²) in [4.78, 5) is 19.8. The number of pyridine rings is 1. The zero-order valence-electron chi connectivity index (χ0n) is 12.0. The lowest BCUT2D eigenvalue weighted by atomic mass is 10.1. The van der Waals surface area contributed by atoms with Gasteiger partial charge in [-0.15, -0.1) is 11.3 Å². The van der Waals surface area contributed by atoms with Gasteiger partial charge < -0.3 is 15.4 Å². The van der Waals surface area contributed by atoms with E-state index in [0.717, 1.165) is 22.2 Å². The third-order valence-electron chi connectivity index (χ3n) is 3.22. The van der Waals surface area contributed by atoms with Crippen LogP contribution in [0, 0.1) is 6.92 Å². The molecule has 0 aromatic carbocycles. The van der Waals surface area contributed by atoms with Gasteiger partial charge in [0.05, 0.1) is 5.69 Å². The fraction of sp³-hybridized carbons (Fsp3) is 0.429. The van der Waals surface area contributed by atoms with Crippen LogP contribution in [-0.2, 0) is 4.74 Å². The van der Waals surface area contributed by atoms with Gasteiger partial charge >= 0.3 is 0 Å². The summed E-state index contributed by atoms with van der Waals surface area (Å²) in [5, 5.41) is 0.895. The van der Waals surface area contributed by atoms with Crippen LogP contribution in [0.4, 0.5) is 5.69 Å². The van der Waals surface area contributed by atoms with Crippen LogP contribution in [0.15, 0.2) is 12.3 Å². The van der Waals surface area contributed by atoms with Crippen LogP contribution in [0.3, 0.4) is 0 Å². The molecule has 2 aromatic rings. The number of nitrogens with two attached hydrogens (primary N) is 1. The smallest absolute Gasteiger partial charge is 0.265 e. The minimum atomic E-state index is -0.0546. The average Bonchev–Trinajstić information content (AvgIpc) is 2.76. The molecule has 0 fully saturated rings. The molecule has 0 unspecified atom stereocenters. The normalized spacial score (nSPS) is 10.9. The maximum Gasteiger partial charge on any atom is 0.265 e. The van der Waals surface area contributed by atoms with E-state index in [2.05, 4.69) is 4.98 Å². The standard InChI is InChI=1S/C14H19N3O2S/c1-9-5-6-16-13-10(9)11(15)12(20-13)14(18)17(2)7-4-8-19-3/h5-6H,4,7-8,15H2,1-3H3. The molecule has 0 aliphatic heterocycles. The van der Waals surface area contributed by atoms with E-state index in [0.29, 0.717) is 23.7 Å². The first-order chi connectivity index (χ1) is 9.56. The molecule has 0 atom stereocenters. The van der Waals surface area contributed by atoms with Crippen molar-refractivity contribution < 1.29 is 9.53 Å². The van der Waals surface area contributed by atoms with Gasteiger partial charge in [0.1, 0.15) is 9.71 Å². The van der Waals surface area contributed by atoms with E-state index < -0.39 is 0 Å². The van der Waals surface area contributed by atoms with E-state index in [1.165, 1.54) is 11.3 Å². The number of methoxy groups -OCH3 is 1. The Labute approximate surface area is 122 Å². The summed E-state index contributed by atoms with van der Waals surface area (Å²) in [6, 6.07) is 1.90. The Bertz CT molecular complexity index is 624. The summed E-state index contributed by atoms with van der Waals surface area (Å²) in [6.45, 7) is 3.26. The molecule has 0 saturated carbocycles. The lowest BCUT2D eigenvalue weighted by Crippen LogP contribution is -2.28. The highest BCUT2D eigenvalue weighted by Gasteiger charge is 2.20. The number of anilines is 1. The van der Waals surface area contributed by atoms with E-state index >= 15 is 0 Å². The van der Waals surface area contributed by atoms with Gasteiger partial charge in [-0.25, -0.2) is 4.98 Å². The number of hydrogen-bond donors (Lipinski definition) is 1. The first-order valence-electron chi connectivity index (χ1n) is 6.44. The third-order valence-corrected chi connectivity index (χ3v) is 4.32. The molecular formula is C14H19N3O2S. The molecule has 2 aromatic heterocycles. The van der Waals surface area contributed by atoms with Gasteiger partial charge in [0.15, 0.2) is 0 Å². The van der Waals surface area contributed by atoms with Crippen molar-refractivity contribution in [1.82, 2.24) is 9.88 Å². The van der Waals surface area contributed by atoms with Crippen LogP contribution in [0.25, 0.3) is 10.2 Å². The number of aromatic nitrogens is 1. The lowest BCUT2D eigenvalue weighted by Gasteiger charge is -2.16. The Morgan fingerprint density at radius 3 is 2.95 bits per heavy atom. The van der Waals surface area contributed by atoms with E-state index in [-0.39, 0.29) is 5.91 Å². The molecule has 0 saturated heterocycles. The van der Waals surface area contributed by atoms with Gasteiger partial charge in [0.2, 0.25) is 0 Å². The number of rotatable bonds is 5. The first kappa shape index (κ1) is 14.7. The highest BCUT2D eigenvalue weighted by molar-refractivity contribution is 7.21. The molecule has 5 nitrogen and oxygen atoms in total. The second-order valence-corrected chi connectivity index (χ2v) is 5.72. The van der Waals surface area contributed by atoms with Crippen molar-refractivity contribution >= 4 is 33.1 Å². The second kappa shape index (κ2) is 6.19. The highest BCUT2D eigenvalue weighted by atomic mass is 32.1. The topological polar surface area (TPSA) is 68.5 Å². The quantitative estimate of drug-likeness (QED) is 0.859. The first-order valence-corrected chi connectivity index (χ1v) is 7.26. The molecule has 0 bridgehead atoms. The fourth-order valence-electron chi connectivity index (χ4n) is 2.08. The number of aryl methyl sites for hydroxylation is 1. The summed E-state index contributed by atoms with van der Waals surface area (Å²) in [7, 11) is 3.43. The van der Waals surface area contributed by atoms with Crippen molar-refractivity contribution in [2.45, 2.75) is 13.3 Å². The predicted octanol–water partition coefficient (Wildman–Crippen LogP) is 2.30. The molecule has 0 spiro atoms. The van der Waals surface area contributed by atoms with Gasteiger partial charge in [-0.1, -0.05) is 0 Å². The monoisotopic (exact) mass is 293 g/mol. The molecule has 0 radical (unpaired) electrons. The van der Waals surface area contributed by atoms with Gasteiger partial charge in [-0.05, 0) is 25.0 Å². The van der Waals surface area contributed by atoms with Crippen molar-refractivity contribution in [3.05, 3.63) is 22.7 Å². The van der Waals surface area contributed by atoms with Crippen LogP contribution in [0.2, 0.25) is 0 Å². The van der Waals surface area contributed by atoms with Crippen molar-refractivity contribution in [1.29, 1.82) is 0 Å². The van der Waals surface area contributed by atoms with Crippen LogP contribution < -0.4 is 5.73 Å². The van der Waals surface area contributed by atoms with E-state index in [4.69, 9.17) is 10.5 Å². The van der Waals surface area contributed by atoms with Gasteiger partial charge in [0.25, 0.3) is 5.91 Å². The Kier molecular flexibility index (Phi) is 4.57. The fourth-order valence-corrected chi connectivity index (χ4v) is 3.22. The summed E-state index contributed by atoms with van der Waals surface area (Å²) < 4.78 is 5.00. The number of hydrogen-bond acceptors (Lipinski definition) is 5. The molecular weight excluding hydrogens is 274 g/mol. The number of amides is 1. The number of ether oxygens (including phenoxy) is 1. The maximum atomic E-state index is 12.4. The van der Waals surface area contributed by atoms with E-state index in [9.17, 15) is 4.79 Å². The number of fused-ring (bicyclic) bond motifs is 1. The molecule has 0 aliphatic rings. The predicted molar refractivity (Wildman–Crippen MR) is 82.2 cm³/mol. The van der Waals surface area contributed by atoms with Crippen LogP contribution in [0.1, 0.15) is 21.7 Å². The molecule has 2 rings (SSSR count). The summed E-state index contributed by atoms with van der Waals surface area (Å²) in [5.41, 5.74) is 7.72. The second-order valence-electron chi connectivity index (χ2n) is 4.73. The number of nitrogen functional groups attached to an aromatic ring is 1. The maximum absolute atomic E-state index is 12.4. The molecule has 2 N–H and O–H groups in total. The Morgan fingerprint density at radius 2 is 2.30 bits per heavy atom. The van der Waals surface area contributed by atoms with Gasteiger partial charge in [-0.2, -0.15) is 0 Å². The van der Waals surface area contributed by atoms with E-state index in [1.54, 1.807) is 25.3 Å². The summed E-state index contributed by atoms with van der Waals surface area (Å²) in [6.07, 6.45) is 2.55. The highest BCUT2D eigenvalue weighted by Crippen LogP contribution is 2.34. The van der Waals surface area contributed by atoms with Crippen LogP contribution >= 0.6 is 11.3 Å². The minimum Gasteiger partial charge on any atom is -0.397 e. The SMILES string of the molecule is COCCCN(C)C(=O)c1sc2nccc(C)c2c1N. The molecule has 1 amide bonds. The lowest BCUT2D eigenvalue weighted by molar-refractivity contribution is 0.0785. The van der Waals surface area contributed by atoms with Crippen molar-refractivity contribution in [3.8, 4) is 0 Å². The largest absolute Gasteiger partial charge is 0.397 e. The van der Waals surface area contributed by atoms with Crippen LogP contribution in [-0.4, -0.2) is 43.1 Å². The Balaban J connectivity index is 2.26.